The number of hydrogen-bond donors (Lipinski definition) is 0. The van der Waals surface area contributed by atoms with Crippen molar-refractivity contribution < 1.29 is 14.3 Å². The molecule has 0 bridgehead atoms. The second-order valence-electron chi connectivity index (χ2n) is 6.91. The number of ether oxygens (including phenoxy) is 1. The molecule has 0 aliphatic carbocycles. The van der Waals surface area contributed by atoms with Gasteiger partial charge < -0.3 is 14.5 Å². The van der Waals surface area contributed by atoms with E-state index in [1.165, 1.54) is 0 Å². The number of likely N-dealkylation sites (tertiary alicyclic amines) is 1. The molecule has 4 rings (SSSR count). The van der Waals surface area contributed by atoms with E-state index in [2.05, 4.69) is 6.07 Å². The van der Waals surface area contributed by atoms with Gasteiger partial charge in [0, 0.05) is 11.4 Å². The largest absolute Gasteiger partial charge is 0.497 e. The van der Waals surface area contributed by atoms with Crippen LogP contribution in [0.2, 0.25) is 0 Å². The summed E-state index contributed by atoms with van der Waals surface area (Å²) in [6.07, 6.45) is 0.929. The van der Waals surface area contributed by atoms with E-state index in [-0.39, 0.29) is 24.4 Å². The van der Waals surface area contributed by atoms with Crippen molar-refractivity contribution in [2.75, 3.05) is 30.9 Å². The first-order valence-corrected chi connectivity index (χ1v) is 10.0. The van der Waals surface area contributed by atoms with Gasteiger partial charge >= 0.3 is 0 Å². The average molecular weight is 382 g/mol. The Bertz CT molecular complexity index is 899. The van der Waals surface area contributed by atoms with Crippen LogP contribution in [0, 0.1) is 6.92 Å². The summed E-state index contributed by atoms with van der Waals surface area (Å²) in [4.78, 5) is 30.0. The van der Waals surface area contributed by atoms with Crippen molar-refractivity contribution in [2.45, 2.75) is 24.3 Å². The first-order chi connectivity index (χ1) is 13.1. The molecular weight excluding hydrogens is 360 g/mol. The summed E-state index contributed by atoms with van der Waals surface area (Å²) in [7, 11) is 1.64. The van der Waals surface area contributed by atoms with Crippen molar-refractivity contribution >= 4 is 29.3 Å². The molecule has 2 aliphatic heterocycles. The Balaban J connectivity index is 1.52. The van der Waals surface area contributed by atoms with Gasteiger partial charge in [0.25, 0.3) is 0 Å². The number of fused-ring (bicyclic) bond motifs is 1. The predicted octanol–water partition coefficient (Wildman–Crippen LogP) is 3.42. The Labute approximate surface area is 163 Å². The molecule has 2 aromatic carbocycles. The highest BCUT2D eigenvalue weighted by Gasteiger charge is 2.36. The molecule has 0 aromatic heterocycles. The number of rotatable bonds is 4. The molecule has 2 amide bonds. The number of carbonyl (C=O) groups excluding carboxylic acids is 2. The molecule has 2 aliphatic rings. The van der Waals surface area contributed by atoms with E-state index < -0.39 is 0 Å². The molecule has 0 saturated carbocycles. The Hall–Kier alpha value is -2.47. The number of benzene rings is 2. The van der Waals surface area contributed by atoms with E-state index in [0.29, 0.717) is 5.75 Å². The van der Waals surface area contributed by atoms with Crippen LogP contribution in [0.3, 0.4) is 0 Å². The lowest BCUT2D eigenvalue weighted by Crippen LogP contribution is -2.51. The van der Waals surface area contributed by atoms with E-state index >= 15 is 0 Å². The van der Waals surface area contributed by atoms with Crippen LogP contribution in [0.1, 0.15) is 23.6 Å². The monoisotopic (exact) mass is 382 g/mol. The standard InChI is InChI=1S/C21H22N2O3S/c1-14-6-7-18-19(10-14)27-13-21(25)23(18)12-20(24)22-9-8-17(22)15-4-3-5-16(11-15)26-2/h3-7,10-11,17H,8-9,12-13H2,1-2H3/t17-/m1/s1. The molecule has 0 radical (unpaired) electrons. The predicted molar refractivity (Wildman–Crippen MR) is 106 cm³/mol. The Morgan fingerprint density at radius 2 is 2.11 bits per heavy atom. The number of carbonyl (C=O) groups is 2. The van der Waals surface area contributed by atoms with Crippen molar-refractivity contribution in [1.29, 1.82) is 0 Å². The smallest absolute Gasteiger partial charge is 0.243 e. The van der Waals surface area contributed by atoms with Gasteiger partial charge in [0.05, 0.1) is 24.6 Å². The van der Waals surface area contributed by atoms with Crippen LogP contribution in [-0.4, -0.2) is 42.7 Å². The summed E-state index contributed by atoms with van der Waals surface area (Å²) in [6.45, 7) is 2.85. The fourth-order valence-corrected chi connectivity index (χ4v) is 4.62. The Morgan fingerprint density at radius 3 is 2.85 bits per heavy atom. The van der Waals surface area contributed by atoms with Crippen LogP contribution in [0.25, 0.3) is 0 Å². The van der Waals surface area contributed by atoms with Gasteiger partial charge in [-0.05, 0) is 48.7 Å². The third-order valence-corrected chi connectivity index (χ3v) is 6.20. The highest BCUT2D eigenvalue weighted by molar-refractivity contribution is 8.00. The maximum Gasteiger partial charge on any atom is 0.243 e. The number of aryl methyl sites for hydroxylation is 1. The molecule has 1 atom stereocenters. The Morgan fingerprint density at radius 1 is 1.26 bits per heavy atom. The molecule has 0 N–H and O–H groups in total. The lowest BCUT2D eigenvalue weighted by atomic mass is 9.94. The first kappa shape index (κ1) is 17.9. The summed E-state index contributed by atoms with van der Waals surface area (Å²) >= 11 is 1.54. The quantitative estimate of drug-likeness (QED) is 0.813. The highest BCUT2D eigenvalue weighted by atomic mass is 32.2. The van der Waals surface area contributed by atoms with E-state index in [1.54, 1.807) is 23.8 Å². The van der Waals surface area contributed by atoms with E-state index in [0.717, 1.165) is 40.4 Å². The molecule has 27 heavy (non-hydrogen) atoms. The molecule has 5 nitrogen and oxygen atoms in total. The minimum atomic E-state index is -0.0131. The topological polar surface area (TPSA) is 49.9 Å². The molecule has 140 valence electrons. The molecule has 6 heteroatoms. The minimum absolute atomic E-state index is 0.0110. The molecule has 2 aromatic rings. The molecule has 2 heterocycles. The SMILES string of the molecule is COc1cccc([C@H]2CCN2C(=O)CN2C(=O)CSc3cc(C)ccc32)c1. The van der Waals surface area contributed by atoms with E-state index in [1.807, 2.05) is 48.2 Å². The van der Waals surface area contributed by atoms with Crippen LogP contribution in [-0.2, 0) is 9.59 Å². The van der Waals surface area contributed by atoms with Gasteiger partial charge in [-0.15, -0.1) is 11.8 Å². The molecule has 1 fully saturated rings. The van der Waals surface area contributed by atoms with Crippen molar-refractivity contribution in [3.8, 4) is 5.75 Å². The molecular formula is C21H22N2O3S. The Kier molecular flexibility index (Phi) is 4.83. The van der Waals surface area contributed by atoms with Gasteiger partial charge in [0.2, 0.25) is 11.8 Å². The van der Waals surface area contributed by atoms with Crippen LogP contribution >= 0.6 is 11.8 Å². The third-order valence-electron chi connectivity index (χ3n) is 5.17. The number of amides is 2. The second-order valence-corrected chi connectivity index (χ2v) is 7.93. The maximum atomic E-state index is 12.9. The molecule has 0 spiro atoms. The van der Waals surface area contributed by atoms with Crippen molar-refractivity contribution in [3.63, 3.8) is 0 Å². The summed E-state index contributed by atoms with van der Waals surface area (Å²) < 4.78 is 5.29. The van der Waals surface area contributed by atoms with E-state index in [9.17, 15) is 9.59 Å². The van der Waals surface area contributed by atoms with Gasteiger partial charge in [-0.1, -0.05) is 18.2 Å². The number of hydrogen-bond acceptors (Lipinski definition) is 4. The highest BCUT2D eigenvalue weighted by Crippen LogP contribution is 2.38. The fourth-order valence-electron chi connectivity index (χ4n) is 3.59. The summed E-state index contributed by atoms with van der Waals surface area (Å²) in [5.41, 5.74) is 3.07. The number of thioether (sulfide) groups is 1. The van der Waals surface area contributed by atoms with Crippen LogP contribution in [0.15, 0.2) is 47.4 Å². The minimum Gasteiger partial charge on any atom is -0.497 e. The van der Waals surface area contributed by atoms with Gasteiger partial charge in [-0.3, -0.25) is 9.59 Å². The summed E-state index contributed by atoms with van der Waals surface area (Å²) in [5, 5.41) is 0. The van der Waals surface area contributed by atoms with Crippen LogP contribution < -0.4 is 9.64 Å². The van der Waals surface area contributed by atoms with E-state index in [4.69, 9.17) is 4.74 Å². The first-order valence-electron chi connectivity index (χ1n) is 9.04. The van der Waals surface area contributed by atoms with Crippen LogP contribution in [0.4, 0.5) is 5.69 Å². The lowest BCUT2D eigenvalue weighted by Gasteiger charge is -2.42. The molecule has 1 saturated heterocycles. The van der Waals surface area contributed by atoms with Gasteiger partial charge in [0.15, 0.2) is 0 Å². The zero-order chi connectivity index (χ0) is 19.0. The van der Waals surface area contributed by atoms with Gasteiger partial charge in [0.1, 0.15) is 12.3 Å². The van der Waals surface area contributed by atoms with Crippen molar-refractivity contribution in [3.05, 3.63) is 53.6 Å². The zero-order valence-electron chi connectivity index (χ0n) is 15.5. The normalized spacial score (nSPS) is 18.7. The summed E-state index contributed by atoms with van der Waals surface area (Å²) in [5.74, 6) is 1.14. The van der Waals surface area contributed by atoms with Gasteiger partial charge in [-0.25, -0.2) is 0 Å². The van der Waals surface area contributed by atoms with Gasteiger partial charge in [-0.2, -0.15) is 0 Å². The lowest BCUT2D eigenvalue weighted by molar-refractivity contribution is -0.138. The van der Waals surface area contributed by atoms with Crippen molar-refractivity contribution in [1.82, 2.24) is 4.90 Å². The van der Waals surface area contributed by atoms with Crippen LogP contribution in [0.5, 0.6) is 5.75 Å². The zero-order valence-corrected chi connectivity index (χ0v) is 16.3. The fraction of sp³-hybridized carbons (Fsp3) is 0.333. The molecule has 0 unspecified atom stereocenters. The summed E-state index contributed by atoms with van der Waals surface area (Å²) in [6, 6.07) is 13.9. The average Bonchev–Trinajstić information content (AvgIpc) is 2.63. The second kappa shape index (κ2) is 7.27. The van der Waals surface area contributed by atoms with Crippen molar-refractivity contribution in [2.24, 2.45) is 0 Å². The number of methoxy groups -OCH3 is 1. The maximum absolute atomic E-state index is 12.9. The number of nitrogens with zero attached hydrogens (tertiary/aromatic N) is 2. The number of anilines is 1. The third kappa shape index (κ3) is 3.41.